The van der Waals surface area contributed by atoms with E-state index in [-0.39, 0.29) is 12.5 Å². The second kappa shape index (κ2) is 6.63. The number of methoxy groups -OCH3 is 1. The van der Waals surface area contributed by atoms with Gasteiger partial charge >= 0.3 is 0 Å². The first-order chi connectivity index (χ1) is 7.76. The van der Waals surface area contributed by atoms with Gasteiger partial charge in [-0.2, -0.15) is 0 Å². The monoisotopic (exact) mass is 221 g/mol. The van der Waals surface area contributed by atoms with Gasteiger partial charge in [0.15, 0.2) is 0 Å². The van der Waals surface area contributed by atoms with Crippen LogP contribution in [0.15, 0.2) is 36.9 Å². The van der Waals surface area contributed by atoms with Crippen molar-refractivity contribution in [1.82, 2.24) is 0 Å². The fourth-order valence-electron chi connectivity index (χ4n) is 1.15. The fraction of sp³-hybridized carbons (Fsp3) is 0.250. The lowest BCUT2D eigenvalue weighted by atomic mass is 10.3. The van der Waals surface area contributed by atoms with E-state index in [2.05, 4.69) is 11.9 Å². The molecular weight excluding hydrogens is 206 g/mol. The van der Waals surface area contributed by atoms with E-state index < -0.39 is 0 Å². The predicted octanol–water partition coefficient (Wildman–Crippen LogP) is 1.84. The lowest BCUT2D eigenvalue weighted by molar-refractivity contribution is -0.119. The van der Waals surface area contributed by atoms with Gasteiger partial charge in [-0.25, -0.2) is 0 Å². The molecule has 0 aliphatic heterocycles. The molecular formula is C12H15NO3. The van der Waals surface area contributed by atoms with Crippen LogP contribution in [0.25, 0.3) is 0 Å². The van der Waals surface area contributed by atoms with Gasteiger partial charge in [0.1, 0.15) is 19.0 Å². The Morgan fingerprint density at radius 3 is 3.06 bits per heavy atom. The van der Waals surface area contributed by atoms with Gasteiger partial charge < -0.3 is 14.8 Å². The number of anilines is 1. The molecule has 1 aromatic carbocycles. The van der Waals surface area contributed by atoms with Crippen LogP contribution in [0.2, 0.25) is 0 Å². The van der Waals surface area contributed by atoms with Crippen molar-refractivity contribution in [3.05, 3.63) is 36.9 Å². The maximum atomic E-state index is 11.2. The first-order valence-electron chi connectivity index (χ1n) is 4.89. The van der Waals surface area contributed by atoms with Crippen LogP contribution >= 0.6 is 0 Å². The molecule has 4 nitrogen and oxygen atoms in total. The Hall–Kier alpha value is -1.81. The number of carbonyl (C=O) groups is 1. The number of benzene rings is 1. The maximum Gasteiger partial charge on any atom is 0.250 e. The third-order valence-corrected chi connectivity index (χ3v) is 1.76. The highest BCUT2D eigenvalue weighted by Gasteiger charge is 2.01. The smallest absolute Gasteiger partial charge is 0.250 e. The molecule has 0 unspecified atom stereocenters. The summed E-state index contributed by atoms with van der Waals surface area (Å²) in [6, 6.07) is 7.15. The summed E-state index contributed by atoms with van der Waals surface area (Å²) in [5.74, 6) is 0.499. The lowest BCUT2D eigenvalue weighted by Gasteiger charge is -2.07. The Bertz CT molecular complexity index is 363. The van der Waals surface area contributed by atoms with Crippen molar-refractivity contribution in [2.45, 2.75) is 0 Å². The summed E-state index contributed by atoms with van der Waals surface area (Å²) in [6.07, 6.45) is 1.66. The molecule has 0 aromatic heterocycles. The third kappa shape index (κ3) is 4.14. The molecule has 0 spiro atoms. The molecule has 1 aromatic rings. The van der Waals surface area contributed by atoms with Crippen LogP contribution in [0.3, 0.4) is 0 Å². The van der Waals surface area contributed by atoms with Gasteiger partial charge in [0.2, 0.25) is 5.91 Å². The van der Waals surface area contributed by atoms with E-state index in [1.54, 1.807) is 24.3 Å². The zero-order chi connectivity index (χ0) is 11.8. The van der Waals surface area contributed by atoms with Crippen molar-refractivity contribution < 1.29 is 14.3 Å². The molecule has 4 heteroatoms. The second-order valence-electron chi connectivity index (χ2n) is 3.11. The molecule has 0 saturated carbocycles. The van der Waals surface area contributed by atoms with E-state index in [0.717, 1.165) is 0 Å². The van der Waals surface area contributed by atoms with Crippen LogP contribution in [0.4, 0.5) is 5.69 Å². The van der Waals surface area contributed by atoms with Crippen molar-refractivity contribution in [3.63, 3.8) is 0 Å². The Morgan fingerprint density at radius 1 is 1.56 bits per heavy atom. The molecule has 0 fully saturated rings. The maximum absolute atomic E-state index is 11.2. The summed E-state index contributed by atoms with van der Waals surface area (Å²) in [7, 11) is 1.48. The quantitative estimate of drug-likeness (QED) is 0.745. The van der Waals surface area contributed by atoms with E-state index in [0.29, 0.717) is 18.0 Å². The van der Waals surface area contributed by atoms with Gasteiger partial charge in [0.05, 0.1) is 0 Å². The molecule has 1 N–H and O–H groups in total. The zero-order valence-electron chi connectivity index (χ0n) is 9.23. The zero-order valence-corrected chi connectivity index (χ0v) is 9.23. The standard InChI is InChI=1S/C12H15NO3/c1-3-7-16-11-6-4-5-10(8-11)13-12(14)9-15-2/h3-6,8H,1,7,9H2,2H3,(H,13,14). The minimum atomic E-state index is -0.191. The molecule has 0 aliphatic rings. The number of hydrogen-bond donors (Lipinski definition) is 1. The molecule has 0 saturated heterocycles. The molecule has 0 heterocycles. The van der Waals surface area contributed by atoms with E-state index in [1.807, 2.05) is 6.07 Å². The van der Waals surface area contributed by atoms with Gasteiger partial charge in [-0.3, -0.25) is 4.79 Å². The van der Waals surface area contributed by atoms with Crippen LogP contribution in [0, 0.1) is 0 Å². The molecule has 1 rings (SSSR count). The molecule has 86 valence electrons. The molecule has 1 amide bonds. The van der Waals surface area contributed by atoms with Gasteiger partial charge in [-0.05, 0) is 12.1 Å². The minimum absolute atomic E-state index is 0.0394. The van der Waals surface area contributed by atoms with Crippen LogP contribution in [-0.2, 0) is 9.53 Å². The summed E-state index contributed by atoms with van der Waals surface area (Å²) in [5.41, 5.74) is 0.684. The summed E-state index contributed by atoms with van der Waals surface area (Å²) in [6.45, 7) is 4.04. The van der Waals surface area contributed by atoms with Crippen LogP contribution in [0.1, 0.15) is 0 Å². The molecule has 16 heavy (non-hydrogen) atoms. The van der Waals surface area contributed by atoms with Crippen molar-refractivity contribution in [2.24, 2.45) is 0 Å². The predicted molar refractivity (Wildman–Crippen MR) is 62.6 cm³/mol. The van der Waals surface area contributed by atoms with Gasteiger partial charge in [-0.15, -0.1) is 0 Å². The summed E-state index contributed by atoms with van der Waals surface area (Å²) < 4.78 is 10.1. The summed E-state index contributed by atoms with van der Waals surface area (Å²) in [4.78, 5) is 11.2. The molecule has 0 aliphatic carbocycles. The Kier molecular flexibility index (Phi) is 5.08. The summed E-state index contributed by atoms with van der Waals surface area (Å²) in [5, 5.41) is 2.69. The SMILES string of the molecule is C=CCOc1cccc(NC(=O)COC)c1. The van der Waals surface area contributed by atoms with Gasteiger partial charge in [-0.1, -0.05) is 18.7 Å². The van der Waals surface area contributed by atoms with Crippen molar-refractivity contribution in [1.29, 1.82) is 0 Å². The average Bonchev–Trinajstić information content (AvgIpc) is 2.27. The highest BCUT2D eigenvalue weighted by atomic mass is 16.5. The van der Waals surface area contributed by atoms with Crippen LogP contribution < -0.4 is 10.1 Å². The molecule has 0 radical (unpaired) electrons. The minimum Gasteiger partial charge on any atom is -0.489 e. The van der Waals surface area contributed by atoms with Crippen molar-refractivity contribution in [3.8, 4) is 5.75 Å². The molecule has 0 bridgehead atoms. The number of carbonyl (C=O) groups excluding carboxylic acids is 1. The van der Waals surface area contributed by atoms with Gasteiger partial charge in [0, 0.05) is 18.9 Å². The highest BCUT2D eigenvalue weighted by molar-refractivity contribution is 5.91. The van der Waals surface area contributed by atoms with Crippen molar-refractivity contribution >= 4 is 11.6 Å². The van der Waals surface area contributed by atoms with Crippen LogP contribution in [-0.4, -0.2) is 26.2 Å². The number of ether oxygens (including phenoxy) is 2. The number of hydrogen-bond acceptors (Lipinski definition) is 3. The number of amides is 1. The second-order valence-corrected chi connectivity index (χ2v) is 3.11. The summed E-state index contributed by atoms with van der Waals surface area (Å²) >= 11 is 0. The first-order valence-corrected chi connectivity index (χ1v) is 4.89. The Morgan fingerprint density at radius 2 is 2.38 bits per heavy atom. The Balaban J connectivity index is 2.59. The van der Waals surface area contributed by atoms with Gasteiger partial charge in [0.25, 0.3) is 0 Å². The van der Waals surface area contributed by atoms with Crippen LogP contribution in [0.5, 0.6) is 5.75 Å². The average molecular weight is 221 g/mol. The number of rotatable bonds is 6. The molecule has 0 atom stereocenters. The third-order valence-electron chi connectivity index (χ3n) is 1.76. The fourth-order valence-corrected chi connectivity index (χ4v) is 1.15. The Labute approximate surface area is 94.9 Å². The topological polar surface area (TPSA) is 47.6 Å². The number of nitrogens with one attached hydrogen (secondary N) is 1. The highest BCUT2D eigenvalue weighted by Crippen LogP contribution is 2.17. The first kappa shape index (κ1) is 12.3. The lowest BCUT2D eigenvalue weighted by Crippen LogP contribution is -2.17. The van der Waals surface area contributed by atoms with E-state index in [4.69, 9.17) is 9.47 Å². The van der Waals surface area contributed by atoms with E-state index in [9.17, 15) is 4.79 Å². The van der Waals surface area contributed by atoms with E-state index in [1.165, 1.54) is 7.11 Å². The largest absolute Gasteiger partial charge is 0.489 e. The normalized spacial score (nSPS) is 9.56. The van der Waals surface area contributed by atoms with Crippen molar-refractivity contribution in [2.75, 3.05) is 25.6 Å². The van der Waals surface area contributed by atoms with E-state index >= 15 is 0 Å².